The fourth-order valence-electron chi connectivity index (χ4n) is 0.139. The third-order valence-electron chi connectivity index (χ3n) is 0.213. The molecule has 16 N–H and O–H groups in total. The summed E-state index contributed by atoms with van der Waals surface area (Å²) in [4.78, 5) is 31.7. The van der Waals surface area contributed by atoms with Crippen molar-refractivity contribution in [2.24, 2.45) is 0 Å². The lowest BCUT2D eigenvalue weighted by molar-refractivity contribution is 0.392. The summed E-state index contributed by atoms with van der Waals surface area (Å²) in [5.41, 5.74) is 0. The molecule has 0 amide bonds. The van der Waals surface area contributed by atoms with E-state index in [4.69, 9.17) is 19.6 Å². The fraction of sp³-hybridized carbons (Fsp3) is 0. The Balaban J connectivity index is -0.0000000533. The maximum Gasteiger partial charge on any atom is 0.395 e. The summed E-state index contributed by atoms with van der Waals surface area (Å²) in [6.45, 7) is -9.27. The topological polar surface area (TPSA) is 255 Å². The highest BCUT2D eigenvalue weighted by Crippen LogP contribution is 2.69. The van der Waals surface area contributed by atoms with Gasteiger partial charge in [0.05, 0.1) is 11.0 Å². The van der Waals surface area contributed by atoms with Crippen LogP contribution in [0, 0.1) is 0 Å². The van der Waals surface area contributed by atoms with E-state index in [0.29, 0.717) is 0 Å². The molecule has 13 heteroatoms. The minimum atomic E-state index is -4.63. The number of hydrogen-bond acceptors (Lipinski definition) is 7. The Morgan fingerprint density at radius 1 is 0.692 bits per heavy atom. The SMILES string of the molecule is N.N.N.N.O=P(O)(O)SP(=O)(O)O. The largest absolute Gasteiger partial charge is 0.395 e. The van der Waals surface area contributed by atoms with Crippen molar-refractivity contribution in [1.82, 2.24) is 24.6 Å². The van der Waals surface area contributed by atoms with E-state index in [1.54, 1.807) is 0 Å². The van der Waals surface area contributed by atoms with Crippen LogP contribution in [0.5, 0.6) is 0 Å². The smallest absolute Gasteiger partial charge is 0.344 e. The Morgan fingerprint density at radius 2 is 0.846 bits per heavy atom. The standard InChI is InChI=1S/4H3N.H4O6P2S/c;;;;1-7(2,3)9-8(4,5)6/h4*1H3;(H2,1,2,3)(H2,4,5,6). The lowest BCUT2D eigenvalue weighted by Gasteiger charge is -2.01. The molecular weight excluding hydrogens is 246 g/mol. The van der Waals surface area contributed by atoms with Crippen molar-refractivity contribution in [2.75, 3.05) is 0 Å². The molecule has 0 rings (SSSR count). The molecule has 0 bridgehead atoms. The molecule has 0 heterocycles. The van der Waals surface area contributed by atoms with Crippen molar-refractivity contribution >= 4 is 24.6 Å². The van der Waals surface area contributed by atoms with E-state index in [9.17, 15) is 9.13 Å². The van der Waals surface area contributed by atoms with Gasteiger partial charge in [0.15, 0.2) is 0 Å². The van der Waals surface area contributed by atoms with Crippen LogP contribution in [0.4, 0.5) is 0 Å². The summed E-state index contributed by atoms with van der Waals surface area (Å²) in [5, 5.41) is 0. The van der Waals surface area contributed by atoms with Crippen LogP contribution in [0.2, 0.25) is 0 Å². The average molecular weight is 262 g/mol. The molecule has 0 aliphatic carbocycles. The Morgan fingerprint density at radius 3 is 0.846 bits per heavy atom. The molecule has 88 valence electrons. The zero-order chi connectivity index (χ0) is 7.71. The van der Waals surface area contributed by atoms with E-state index >= 15 is 0 Å². The van der Waals surface area contributed by atoms with Crippen LogP contribution in [0.25, 0.3) is 0 Å². The van der Waals surface area contributed by atoms with Gasteiger partial charge in [0.2, 0.25) is 0 Å². The normalized spacial score (nSPS) is 9.54. The van der Waals surface area contributed by atoms with Gasteiger partial charge in [0.1, 0.15) is 0 Å². The van der Waals surface area contributed by atoms with Gasteiger partial charge in [0, 0.05) is 0 Å². The van der Waals surface area contributed by atoms with E-state index in [2.05, 4.69) is 0 Å². The van der Waals surface area contributed by atoms with E-state index in [1.165, 1.54) is 0 Å². The van der Waals surface area contributed by atoms with Crippen LogP contribution in [0.1, 0.15) is 0 Å². The second kappa shape index (κ2) is 9.06. The fourth-order valence-corrected chi connectivity index (χ4v) is 3.74. The quantitative estimate of drug-likeness (QED) is 0.318. The van der Waals surface area contributed by atoms with E-state index in [0.717, 1.165) is 0 Å². The third kappa shape index (κ3) is 32.6. The summed E-state index contributed by atoms with van der Waals surface area (Å²) in [6, 6.07) is 0. The van der Waals surface area contributed by atoms with Crippen LogP contribution < -0.4 is 24.6 Å². The summed E-state index contributed by atoms with van der Waals surface area (Å²) in [6.07, 6.45) is 0. The van der Waals surface area contributed by atoms with Crippen molar-refractivity contribution in [3.63, 3.8) is 0 Å². The first-order valence-electron chi connectivity index (χ1n) is 1.53. The molecule has 0 aliphatic heterocycles. The average Bonchev–Trinajstić information content (AvgIpc) is 1.14. The first-order chi connectivity index (χ1) is 3.71. The van der Waals surface area contributed by atoms with Crippen molar-refractivity contribution in [3.8, 4) is 0 Å². The van der Waals surface area contributed by atoms with Gasteiger partial charge in [-0.3, -0.25) is 0 Å². The van der Waals surface area contributed by atoms with Crippen LogP contribution >= 0.6 is 24.6 Å². The minimum Gasteiger partial charge on any atom is -0.344 e. The van der Waals surface area contributed by atoms with Crippen LogP contribution in [-0.2, 0) is 9.13 Å². The first-order valence-corrected chi connectivity index (χ1v) is 6.78. The maximum atomic E-state index is 9.81. The molecular formula is H16N4O6P2S. The lowest BCUT2D eigenvalue weighted by atomic mass is 14.0. The molecule has 0 saturated carbocycles. The van der Waals surface area contributed by atoms with Gasteiger partial charge in [-0.25, -0.2) is 9.13 Å². The Bertz CT molecular complexity index is 163. The monoisotopic (exact) mass is 262 g/mol. The van der Waals surface area contributed by atoms with E-state index < -0.39 is 24.6 Å². The van der Waals surface area contributed by atoms with Gasteiger partial charge in [-0.2, -0.15) is 0 Å². The van der Waals surface area contributed by atoms with Crippen molar-refractivity contribution in [1.29, 1.82) is 0 Å². The summed E-state index contributed by atoms with van der Waals surface area (Å²) >= 11 is -0.653. The zero-order valence-corrected chi connectivity index (χ0v) is 9.34. The summed E-state index contributed by atoms with van der Waals surface area (Å²) < 4.78 is 19.6. The molecule has 0 aliphatic rings. The second-order valence-corrected chi connectivity index (χ2v) is 8.00. The highest BCUT2D eigenvalue weighted by Gasteiger charge is 2.28. The molecule has 0 aromatic carbocycles. The minimum absolute atomic E-state index is 0. The maximum absolute atomic E-state index is 9.81. The highest BCUT2D eigenvalue weighted by atomic mass is 33.1. The van der Waals surface area contributed by atoms with Gasteiger partial charge < -0.3 is 44.2 Å². The van der Waals surface area contributed by atoms with Gasteiger partial charge in [-0.05, 0) is 0 Å². The molecule has 0 fully saturated rings. The second-order valence-electron chi connectivity index (χ2n) is 1.06. The Labute approximate surface area is 78.6 Å². The molecule has 0 saturated heterocycles. The van der Waals surface area contributed by atoms with Crippen LogP contribution in [-0.4, -0.2) is 19.6 Å². The van der Waals surface area contributed by atoms with Gasteiger partial charge in [0.25, 0.3) is 0 Å². The van der Waals surface area contributed by atoms with E-state index in [-0.39, 0.29) is 24.6 Å². The number of rotatable bonds is 2. The third-order valence-corrected chi connectivity index (χ3v) is 5.74. The molecule has 0 radical (unpaired) electrons. The first kappa shape index (κ1) is 29.2. The molecule has 0 aromatic heterocycles. The molecule has 0 atom stereocenters. The van der Waals surface area contributed by atoms with Gasteiger partial charge in [-0.1, -0.05) is 0 Å². The Kier molecular flexibility index (Phi) is 20.3. The molecule has 13 heavy (non-hydrogen) atoms. The van der Waals surface area contributed by atoms with Crippen LogP contribution in [0.15, 0.2) is 0 Å². The van der Waals surface area contributed by atoms with Crippen molar-refractivity contribution in [3.05, 3.63) is 0 Å². The molecule has 0 spiro atoms. The van der Waals surface area contributed by atoms with Gasteiger partial charge in [-0.15, -0.1) is 0 Å². The number of hydrogen-bond donors (Lipinski definition) is 8. The van der Waals surface area contributed by atoms with Crippen molar-refractivity contribution in [2.45, 2.75) is 0 Å². The molecule has 0 unspecified atom stereocenters. The predicted molar refractivity (Wildman–Crippen MR) is 51.8 cm³/mol. The lowest BCUT2D eigenvalue weighted by Crippen LogP contribution is -1.71. The van der Waals surface area contributed by atoms with Crippen molar-refractivity contribution < 1.29 is 28.7 Å². The highest BCUT2D eigenvalue weighted by molar-refractivity contribution is 8.84. The van der Waals surface area contributed by atoms with Crippen LogP contribution in [0.3, 0.4) is 0 Å². The molecule has 10 nitrogen and oxygen atoms in total. The molecule has 0 aromatic rings. The van der Waals surface area contributed by atoms with E-state index in [1.807, 2.05) is 0 Å². The Hall–Kier alpha value is 0.490. The zero-order valence-electron chi connectivity index (χ0n) is 6.74. The van der Waals surface area contributed by atoms with Gasteiger partial charge >= 0.3 is 13.6 Å². The predicted octanol–water partition coefficient (Wildman–Crippen LogP) is 0.553. The summed E-state index contributed by atoms with van der Waals surface area (Å²) in [7, 11) is 0. The summed E-state index contributed by atoms with van der Waals surface area (Å²) in [5.74, 6) is 0.